The van der Waals surface area contributed by atoms with Crippen LogP contribution in [0.5, 0.6) is 0 Å². The van der Waals surface area contributed by atoms with E-state index in [2.05, 4.69) is 18.6 Å². The molecule has 1 atom stereocenters. The van der Waals surface area contributed by atoms with Crippen LogP contribution < -0.4 is 4.72 Å². The van der Waals surface area contributed by atoms with Gasteiger partial charge >= 0.3 is 0 Å². The van der Waals surface area contributed by atoms with E-state index in [1.807, 2.05) is 0 Å². The summed E-state index contributed by atoms with van der Waals surface area (Å²) >= 11 is 0. The van der Waals surface area contributed by atoms with Gasteiger partial charge in [-0.15, -0.1) is 0 Å². The molecule has 104 valence electrons. The summed E-state index contributed by atoms with van der Waals surface area (Å²) < 4.78 is 25.6. The number of hydrogen-bond donors (Lipinski definition) is 2. The highest BCUT2D eigenvalue weighted by atomic mass is 32.2. The van der Waals surface area contributed by atoms with Gasteiger partial charge in [0, 0.05) is 6.54 Å². The van der Waals surface area contributed by atoms with Gasteiger partial charge in [0.1, 0.15) is 0 Å². The van der Waals surface area contributed by atoms with E-state index in [0.717, 1.165) is 12.8 Å². The van der Waals surface area contributed by atoms with Crippen LogP contribution >= 0.6 is 0 Å². The first-order chi connectivity index (χ1) is 8.10. The number of rotatable bonds is 4. The monoisotopic (exact) mass is 274 g/mol. The lowest BCUT2D eigenvalue weighted by molar-refractivity contribution is -0.0205. The zero-order valence-corrected chi connectivity index (χ0v) is 12.0. The van der Waals surface area contributed by atoms with Gasteiger partial charge in [-0.25, -0.2) is 13.1 Å². The van der Waals surface area contributed by atoms with E-state index in [0.29, 0.717) is 12.8 Å². The Balaban J connectivity index is 2.57. The van der Waals surface area contributed by atoms with Crippen molar-refractivity contribution in [3.8, 4) is 6.07 Å². The van der Waals surface area contributed by atoms with Gasteiger partial charge < -0.3 is 5.11 Å². The molecule has 0 bridgehead atoms. The molecule has 1 fully saturated rings. The summed E-state index contributed by atoms with van der Waals surface area (Å²) in [5.41, 5.74) is -0.761. The molecule has 0 amide bonds. The molecule has 18 heavy (non-hydrogen) atoms. The van der Waals surface area contributed by atoms with Crippen molar-refractivity contribution in [3.05, 3.63) is 0 Å². The fraction of sp³-hybridized carbons (Fsp3) is 0.917. The van der Waals surface area contributed by atoms with Crippen LogP contribution in [-0.4, -0.2) is 30.9 Å². The molecule has 6 heteroatoms. The highest BCUT2D eigenvalue weighted by molar-refractivity contribution is 7.90. The Morgan fingerprint density at radius 1 is 1.33 bits per heavy atom. The summed E-state index contributed by atoms with van der Waals surface area (Å²) in [6, 6.07) is 1.69. The zero-order valence-electron chi connectivity index (χ0n) is 11.2. The van der Waals surface area contributed by atoms with E-state index in [1.54, 1.807) is 6.07 Å². The van der Waals surface area contributed by atoms with Crippen molar-refractivity contribution < 1.29 is 13.5 Å². The molecule has 1 saturated carbocycles. The summed E-state index contributed by atoms with van der Waals surface area (Å²) in [5, 5.41) is 17.8. The Morgan fingerprint density at radius 2 is 1.83 bits per heavy atom. The Morgan fingerprint density at radius 3 is 2.28 bits per heavy atom. The van der Waals surface area contributed by atoms with E-state index in [4.69, 9.17) is 5.26 Å². The fourth-order valence-corrected chi connectivity index (χ4v) is 2.86. The maximum atomic E-state index is 11.6. The van der Waals surface area contributed by atoms with Crippen LogP contribution in [-0.2, 0) is 10.0 Å². The van der Waals surface area contributed by atoms with Gasteiger partial charge in [0.2, 0.25) is 10.0 Å². The largest absolute Gasteiger partial charge is 0.389 e. The van der Waals surface area contributed by atoms with Crippen molar-refractivity contribution in [1.82, 2.24) is 4.72 Å². The minimum Gasteiger partial charge on any atom is -0.389 e. The Bertz CT molecular complexity index is 427. The molecule has 2 N–H and O–H groups in total. The maximum absolute atomic E-state index is 11.6. The summed E-state index contributed by atoms with van der Waals surface area (Å²) in [6.45, 7) is 5.62. The number of sulfonamides is 1. The normalized spacial score (nSPS) is 24.2. The van der Waals surface area contributed by atoms with E-state index in [-0.39, 0.29) is 12.0 Å². The molecule has 0 radical (unpaired) electrons. The van der Waals surface area contributed by atoms with Crippen molar-refractivity contribution >= 4 is 10.0 Å². The number of nitrogens with one attached hydrogen (secondary N) is 1. The first kappa shape index (κ1) is 15.4. The van der Waals surface area contributed by atoms with Gasteiger partial charge in [0.15, 0.2) is 5.25 Å². The number of hydrogen-bond acceptors (Lipinski definition) is 4. The lowest BCUT2D eigenvalue weighted by atomic mass is 9.71. The molecule has 0 aromatic carbocycles. The van der Waals surface area contributed by atoms with Crippen molar-refractivity contribution in [3.63, 3.8) is 0 Å². The SMILES string of the molecule is CC(C#N)S(=O)(=O)NCC1(O)CCC(C)(C)CC1. The standard InChI is InChI=1S/C12H22N2O3S/c1-10(8-13)18(16,17)14-9-12(15)6-4-11(2,3)5-7-12/h10,14-15H,4-7,9H2,1-3H3. The molecule has 0 aromatic heterocycles. The quantitative estimate of drug-likeness (QED) is 0.804. The Labute approximate surface area is 109 Å². The number of nitrogens with zero attached hydrogens (tertiary/aromatic N) is 1. The minimum atomic E-state index is -3.65. The molecule has 0 aliphatic heterocycles. The molecule has 1 unspecified atom stereocenters. The van der Waals surface area contributed by atoms with Gasteiger partial charge in [0.25, 0.3) is 0 Å². The van der Waals surface area contributed by atoms with E-state index < -0.39 is 20.9 Å². The summed E-state index contributed by atoms with van der Waals surface area (Å²) in [5.74, 6) is 0. The first-order valence-corrected chi connectivity index (χ1v) is 7.75. The highest BCUT2D eigenvalue weighted by Gasteiger charge is 2.37. The predicted molar refractivity (Wildman–Crippen MR) is 69.2 cm³/mol. The molecule has 0 saturated heterocycles. The summed E-state index contributed by atoms with van der Waals surface area (Å²) in [6.07, 6.45) is 2.92. The van der Waals surface area contributed by atoms with Gasteiger partial charge in [0.05, 0.1) is 11.7 Å². The van der Waals surface area contributed by atoms with Crippen molar-refractivity contribution in [2.75, 3.05) is 6.54 Å². The molecule has 1 aliphatic rings. The topological polar surface area (TPSA) is 90.2 Å². The molecular weight excluding hydrogens is 252 g/mol. The van der Waals surface area contributed by atoms with Crippen LogP contribution in [0.1, 0.15) is 46.5 Å². The van der Waals surface area contributed by atoms with Crippen LogP contribution in [0.2, 0.25) is 0 Å². The molecule has 5 nitrogen and oxygen atoms in total. The van der Waals surface area contributed by atoms with Crippen molar-refractivity contribution in [2.45, 2.75) is 57.3 Å². The van der Waals surface area contributed by atoms with Gasteiger partial charge in [-0.05, 0) is 38.0 Å². The lowest BCUT2D eigenvalue weighted by Gasteiger charge is -2.40. The minimum absolute atomic E-state index is 0.00255. The zero-order chi connectivity index (χ0) is 14.0. The second-order valence-corrected chi connectivity index (χ2v) is 8.11. The van der Waals surface area contributed by atoms with E-state index >= 15 is 0 Å². The Hall–Kier alpha value is -0.640. The van der Waals surface area contributed by atoms with Gasteiger partial charge in [-0.3, -0.25) is 0 Å². The van der Waals surface area contributed by atoms with Crippen LogP contribution in [0.4, 0.5) is 0 Å². The number of nitriles is 1. The third-order valence-electron chi connectivity index (χ3n) is 3.78. The smallest absolute Gasteiger partial charge is 0.227 e. The predicted octanol–water partition coefficient (Wildman–Crippen LogP) is 1.15. The average molecular weight is 274 g/mol. The number of aliphatic hydroxyl groups is 1. The lowest BCUT2D eigenvalue weighted by Crippen LogP contribution is -2.47. The van der Waals surface area contributed by atoms with E-state index in [9.17, 15) is 13.5 Å². The Kier molecular flexibility index (Phi) is 4.42. The van der Waals surface area contributed by atoms with Crippen LogP contribution in [0.15, 0.2) is 0 Å². The van der Waals surface area contributed by atoms with Crippen LogP contribution in [0.3, 0.4) is 0 Å². The van der Waals surface area contributed by atoms with Crippen LogP contribution in [0, 0.1) is 16.7 Å². The van der Waals surface area contributed by atoms with Crippen molar-refractivity contribution in [1.29, 1.82) is 5.26 Å². The third kappa shape index (κ3) is 3.94. The first-order valence-electron chi connectivity index (χ1n) is 6.21. The second-order valence-electron chi connectivity index (χ2n) is 6.03. The van der Waals surface area contributed by atoms with Gasteiger partial charge in [-0.1, -0.05) is 13.8 Å². The molecule has 1 rings (SSSR count). The van der Waals surface area contributed by atoms with E-state index in [1.165, 1.54) is 6.92 Å². The molecular formula is C12H22N2O3S. The molecule has 0 heterocycles. The summed E-state index contributed by atoms with van der Waals surface area (Å²) in [7, 11) is -3.65. The molecule has 1 aliphatic carbocycles. The summed E-state index contributed by atoms with van der Waals surface area (Å²) in [4.78, 5) is 0. The average Bonchev–Trinajstić information content (AvgIpc) is 2.30. The molecule has 0 aromatic rings. The third-order valence-corrected chi connectivity index (χ3v) is 5.37. The second kappa shape index (κ2) is 5.16. The van der Waals surface area contributed by atoms with Crippen LogP contribution in [0.25, 0.3) is 0 Å². The molecule has 0 spiro atoms. The maximum Gasteiger partial charge on any atom is 0.227 e. The highest BCUT2D eigenvalue weighted by Crippen LogP contribution is 2.39. The fourth-order valence-electron chi connectivity index (χ4n) is 2.00. The van der Waals surface area contributed by atoms with Gasteiger partial charge in [-0.2, -0.15) is 5.26 Å². The van der Waals surface area contributed by atoms with Crippen molar-refractivity contribution in [2.24, 2.45) is 5.41 Å².